The summed E-state index contributed by atoms with van der Waals surface area (Å²) in [5, 5.41) is 5.32. The van der Waals surface area contributed by atoms with Crippen LogP contribution in [0.25, 0.3) is 0 Å². The third-order valence-electron chi connectivity index (χ3n) is 3.46. The van der Waals surface area contributed by atoms with Gasteiger partial charge in [-0.1, -0.05) is 0 Å². The Balaban J connectivity index is 1.86. The Bertz CT molecular complexity index is 476. The van der Waals surface area contributed by atoms with Crippen LogP contribution in [0.1, 0.15) is 19.3 Å². The summed E-state index contributed by atoms with van der Waals surface area (Å²) in [5.74, 6) is -0.297. The second-order valence-corrected chi connectivity index (χ2v) is 5.09. The molecule has 116 valence electrons. The van der Waals surface area contributed by atoms with Gasteiger partial charge in [-0.15, -0.1) is 0 Å². The smallest absolute Gasteiger partial charge is 0.319 e. The van der Waals surface area contributed by atoms with Crippen LogP contribution >= 0.6 is 0 Å². The third kappa shape index (κ3) is 4.60. The van der Waals surface area contributed by atoms with Crippen LogP contribution in [-0.2, 0) is 4.74 Å². The molecule has 0 bridgehead atoms. The van der Waals surface area contributed by atoms with Gasteiger partial charge in [-0.25, -0.2) is 9.18 Å². The van der Waals surface area contributed by atoms with Crippen molar-refractivity contribution in [1.29, 1.82) is 0 Å². The van der Waals surface area contributed by atoms with E-state index in [4.69, 9.17) is 4.74 Å². The summed E-state index contributed by atoms with van der Waals surface area (Å²) < 4.78 is 19.0. The summed E-state index contributed by atoms with van der Waals surface area (Å²) in [4.78, 5) is 13.7. The van der Waals surface area contributed by atoms with Crippen molar-refractivity contribution in [3.05, 3.63) is 24.0 Å². The summed E-state index contributed by atoms with van der Waals surface area (Å²) in [5.41, 5.74) is 1.07. The maximum absolute atomic E-state index is 14.1. The zero-order valence-electron chi connectivity index (χ0n) is 12.3. The lowest BCUT2D eigenvalue weighted by Gasteiger charge is -2.18. The lowest BCUT2D eigenvalue weighted by molar-refractivity contribution is 0.194. The highest BCUT2D eigenvalue weighted by Crippen LogP contribution is 2.25. The Morgan fingerprint density at radius 3 is 2.81 bits per heavy atom. The molecule has 0 atom stereocenters. The van der Waals surface area contributed by atoms with E-state index in [0.29, 0.717) is 24.5 Å². The van der Waals surface area contributed by atoms with E-state index in [1.54, 1.807) is 19.2 Å². The standard InChI is InChI=1S/C15H22FN3O2/c1-21-10-4-7-17-15(20)18-12-5-6-14(13(16)11-12)19-8-2-3-9-19/h5-6,11H,2-4,7-10H2,1H3,(H2,17,18,20). The van der Waals surface area contributed by atoms with Crippen molar-refractivity contribution in [3.8, 4) is 0 Å². The largest absolute Gasteiger partial charge is 0.385 e. The maximum Gasteiger partial charge on any atom is 0.319 e. The van der Waals surface area contributed by atoms with Crippen molar-refractivity contribution in [1.82, 2.24) is 5.32 Å². The second-order valence-electron chi connectivity index (χ2n) is 5.09. The Labute approximate surface area is 124 Å². The number of urea groups is 1. The monoisotopic (exact) mass is 295 g/mol. The molecule has 0 radical (unpaired) electrons. The molecule has 1 saturated heterocycles. The van der Waals surface area contributed by atoms with Crippen LogP contribution in [0.15, 0.2) is 18.2 Å². The number of hydrogen-bond acceptors (Lipinski definition) is 3. The van der Waals surface area contributed by atoms with Crippen molar-refractivity contribution < 1.29 is 13.9 Å². The molecule has 0 unspecified atom stereocenters. The van der Waals surface area contributed by atoms with Crippen molar-refractivity contribution in [2.24, 2.45) is 0 Å². The predicted octanol–water partition coefficient (Wildman–Crippen LogP) is 2.58. The molecule has 5 nitrogen and oxygen atoms in total. The van der Waals surface area contributed by atoms with Crippen LogP contribution in [0.3, 0.4) is 0 Å². The molecule has 2 rings (SSSR count). The minimum atomic E-state index is -0.334. The Kier molecular flexibility index (Phi) is 5.80. The number of methoxy groups -OCH3 is 1. The molecular formula is C15H22FN3O2. The quantitative estimate of drug-likeness (QED) is 0.793. The van der Waals surface area contributed by atoms with Crippen LogP contribution in [0.2, 0.25) is 0 Å². The minimum absolute atomic E-state index is 0.297. The van der Waals surface area contributed by atoms with E-state index in [9.17, 15) is 9.18 Å². The van der Waals surface area contributed by atoms with Crippen molar-refractivity contribution in [2.45, 2.75) is 19.3 Å². The number of halogens is 1. The first kappa shape index (κ1) is 15.6. The Morgan fingerprint density at radius 2 is 2.14 bits per heavy atom. The van der Waals surface area contributed by atoms with Crippen LogP contribution in [0.4, 0.5) is 20.6 Å². The van der Waals surface area contributed by atoms with Gasteiger partial charge >= 0.3 is 6.03 Å². The number of amides is 2. The van der Waals surface area contributed by atoms with E-state index in [1.165, 1.54) is 6.07 Å². The summed E-state index contributed by atoms with van der Waals surface area (Å²) in [6.45, 7) is 2.90. The van der Waals surface area contributed by atoms with Crippen LogP contribution in [0, 0.1) is 5.82 Å². The number of anilines is 2. The molecule has 0 saturated carbocycles. The molecule has 6 heteroatoms. The molecule has 1 heterocycles. The van der Waals surface area contributed by atoms with Crippen LogP contribution in [0.5, 0.6) is 0 Å². The SMILES string of the molecule is COCCCNC(=O)Nc1ccc(N2CCCC2)c(F)c1. The lowest BCUT2D eigenvalue weighted by atomic mass is 10.2. The number of benzene rings is 1. The van der Waals surface area contributed by atoms with E-state index in [2.05, 4.69) is 10.6 Å². The van der Waals surface area contributed by atoms with Gasteiger partial charge in [0.25, 0.3) is 0 Å². The average Bonchev–Trinajstić information content (AvgIpc) is 2.98. The van der Waals surface area contributed by atoms with Gasteiger partial charge in [-0.2, -0.15) is 0 Å². The molecule has 1 aromatic rings. The van der Waals surface area contributed by atoms with E-state index < -0.39 is 0 Å². The molecule has 2 amide bonds. The molecule has 1 aliphatic heterocycles. The Morgan fingerprint density at radius 1 is 1.38 bits per heavy atom. The molecule has 2 N–H and O–H groups in total. The number of nitrogens with zero attached hydrogens (tertiary/aromatic N) is 1. The normalized spacial score (nSPS) is 14.3. The van der Waals surface area contributed by atoms with Crippen LogP contribution < -0.4 is 15.5 Å². The van der Waals surface area contributed by atoms with Gasteiger partial charge in [0.2, 0.25) is 0 Å². The van der Waals surface area contributed by atoms with E-state index in [-0.39, 0.29) is 11.8 Å². The third-order valence-corrected chi connectivity index (χ3v) is 3.46. The van der Waals surface area contributed by atoms with Crippen molar-refractivity contribution >= 4 is 17.4 Å². The van der Waals surface area contributed by atoms with Gasteiger partial charge in [-0.05, 0) is 37.5 Å². The number of carbonyl (C=O) groups excluding carboxylic acids is 1. The fourth-order valence-electron chi connectivity index (χ4n) is 2.39. The van der Waals surface area contributed by atoms with Gasteiger partial charge in [-0.3, -0.25) is 0 Å². The number of carbonyl (C=O) groups is 1. The highest BCUT2D eigenvalue weighted by molar-refractivity contribution is 5.89. The molecular weight excluding hydrogens is 273 g/mol. The zero-order valence-corrected chi connectivity index (χ0v) is 12.3. The van der Waals surface area contributed by atoms with Crippen molar-refractivity contribution in [2.75, 3.05) is 43.6 Å². The van der Waals surface area contributed by atoms with Gasteiger partial charge < -0.3 is 20.3 Å². The fourth-order valence-corrected chi connectivity index (χ4v) is 2.39. The topological polar surface area (TPSA) is 53.6 Å². The van der Waals surface area contributed by atoms with Gasteiger partial charge in [0.1, 0.15) is 5.82 Å². The second kappa shape index (κ2) is 7.83. The van der Waals surface area contributed by atoms with Crippen molar-refractivity contribution in [3.63, 3.8) is 0 Å². The number of nitrogens with one attached hydrogen (secondary N) is 2. The Hall–Kier alpha value is -1.82. The maximum atomic E-state index is 14.1. The molecule has 1 fully saturated rings. The predicted molar refractivity (Wildman–Crippen MR) is 81.4 cm³/mol. The molecule has 1 aromatic carbocycles. The number of hydrogen-bond donors (Lipinski definition) is 2. The van der Waals surface area contributed by atoms with Gasteiger partial charge in [0.05, 0.1) is 5.69 Å². The molecule has 0 aromatic heterocycles. The molecule has 21 heavy (non-hydrogen) atoms. The van der Waals surface area contributed by atoms with E-state index in [0.717, 1.165) is 32.4 Å². The van der Waals surface area contributed by atoms with E-state index in [1.807, 2.05) is 4.90 Å². The van der Waals surface area contributed by atoms with Gasteiger partial charge in [0, 0.05) is 39.0 Å². The minimum Gasteiger partial charge on any atom is -0.385 e. The summed E-state index contributed by atoms with van der Waals surface area (Å²) >= 11 is 0. The fraction of sp³-hybridized carbons (Fsp3) is 0.533. The molecule has 0 spiro atoms. The highest BCUT2D eigenvalue weighted by Gasteiger charge is 2.16. The average molecular weight is 295 g/mol. The highest BCUT2D eigenvalue weighted by atomic mass is 19.1. The molecule has 1 aliphatic rings. The van der Waals surface area contributed by atoms with Crippen LogP contribution in [-0.4, -0.2) is 39.4 Å². The number of rotatable bonds is 6. The summed E-state index contributed by atoms with van der Waals surface area (Å²) in [6.07, 6.45) is 2.94. The lowest BCUT2D eigenvalue weighted by Crippen LogP contribution is -2.30. The van der Waals surface area contributed by atoms with E-state index >= 15 is 0 Å². The number of ether oxygens (including phenoxy) is 1. The van der Waals surface area contributed by atoms with Gasteiger partial charge in [0.15, 0.2) is 0 Å². The summed E-state index contributed by atoms with van der Waals surface area (Å²) in [7, 11) is 1.62. The zero-order chi connectivity index (χ0) is 15.1. The first-order valence-corrected chi connectivity index (χ1v) is 7.29. The first-order valence-electron chi connectivity index (χ1n) is 7.29. The first-order chi connectivity index (χ1) is 10.2. The summed E-state index contributed by atoms with van der Waals surface area (Å²) in [6, 6.07) is 4.48. The molecule has 0 aliphatic carbocycles.